The number of nitrogens with zero attached hydrogens (tertiary/aromatic N) is 2. The Morgan fingerprint density at radius 2 is 1.66 bits per heavy atom. The van der Waals surface area contributed by atoms with Crippen molar-refractivity contribution in [2.45, 2.75) is 76.7 Å². The van der Waals surface area contributed by atoms with Crippen molar-refractivity contribution in [3.8, 4) is 0 Å². The molecule has 3 aliphatic heterocycles. The van der Waals surface area contributed by atoms with E-state index in [0.29, 0.717) is 19.6 Å². The van der Waals surface area contributed by atoms with Crippen LogP contribution in [0.3, 0.4) is 0 Å². The van der Waals surface area contributed by atoms with Crippen molar-refractivity contribution in [1.29, 1.82) is 0 Å². The lowest BCUT2D eigenvalue weighted by atomic mass is 9.63. The minimum atomic E-state index is -0.757. The molecule has 2 saturated heterocycles. The van der Waals surface area contributed by atoms with Crippen molar-refractivity contribution in [2.24, 2.45) is 24.8 Å². The van der Waals surface area contributed by atoms with Gasteiger partial charge in [0, 0.05) is 42.1 Å². The number of piperidine rings is 1. The lowest BCUT2D eigenvalue weighted by Gasteiger charge is -2.56. The molecule has 6 nitrogen and oxygen atoms in total. The van der Waals surface area contributed by atoms with Gasteiger partial charge in [-0.2, -0.15) is 0 Å². The Kier molecular flexibility index (Phi) is 7.36. The van der Waals surface area contributed by atoms with E-state index in [1.807, 2.05) is 6.92 Å². The Hall–Kier alpha value is -2.22. The summed E-state index contributed by atoms with van der Waals surface area (Å²) < 4.78 is 14.9. The molecule has 2 unspecified atom stereocenters. The zero-order valence-corrected chi connectivity index (χ0v) is 22.9. The second-order valence-electron chi connectivity index (χ2n) is 11.5. The Bertz CT molecular complexity index is 1240. The first-order valence-electron chi connectivity index (χ1n) is 14.5. The Morgan fingerprint density at radius 3 is 2.37 bits per heavy atom. The minimum Gasteiger partial charge on any atom is -0.390 e. The zero-order valence-electron chi connectivity index (χ0n) is 22.9. The lowest BCUT2D eigenvalue weighted by Crippen LogP contribution is -2.60. The molecule has 6 rings (SSSR count). The van der Waals surface area contributed by atoms with Gasteiger partial charge >= 0.3 is 0 Å². The van der Waals surface area contributed by atoms with Crippen LogP contribution in [0.2, 0.25) is 0 Å². The number of fused-ring (bicyclic) bond motifs is 6. The second-order valence-corrected chi connectivity index (χ2v) is 11.5. The molecule has 0 saturated carbocycles. The summed E-state index contributed by atoms with van der Waals surface area (Å²) in [5.41, 5.74) is 5.44. The van der Waals surface area contributed by atoms with Crippen LogP contribution >= 0.6 is 0 Å². The molecule has 0 amide bonds. The fourth-order valence-corrected chi connectivity index (χ4v) is 7.94. The zero-order chi connectivity index (χ0) is 26.4. The summed E-state index contributed by atoms with van der Waals surface area (Å²) >= 11 is 0. The van der Waals surface area contributed by atoms with E-state index in [0.717, 1.165) is 25.8 Å². The van der Waals surface area contributed by atoms with Crippen LogP contribution in [0.4, 0.5) is 0 Å². The molecule has 2 aromatic carbocycles. The van der Waals surface area contributed by atoms with Crippen LogP contribution in [-0.2, 0) is 29.5 Å². The predicted molar refractivity (Wildman–Crippen MR) is 149 cm³/mol. The Balaban J connectivity index is 1.49. The number of hydrogen-bond donors (Lipinski definition) is 2. The fraction of sp³-hybridized carbons (Fsp3) is 0.562. The number of aryl methyl sites for hydroxylation is 1. The molecule has 1 aromatic heterocycles. The second kappa shape index (κ2) is 10.7. The predicted octanol–water partition coefficient (Wildman–Crippen LogP) is 4.81. The van der Waals surface area contributed by atoms with Gasteiger partial charge in [0.15, 0.2) is 6.29 Å². The number of para-hydroxylation sites is 1. The molecule has 204 valence electrons. The Labute approximate surface area is 226 Å². The number of aliphatic hydroxyl groups excluding tert-OH is 2. The van der Waals surface area contributed by atoms with Crippen LogP contribution in [-0.4, -0.2) is 57.4 Å². The van der Waals surface area contributed by atoms with Gasteiger partial charge in [-0.05, 0) is 48.3 Å². The van der Waals surface area contributed by atoms with Crippen molar-refractivity contribution < 1.29 is 19.7 Å². The van der Waals surface area contributed by atoms with Gasteiger partial charge in [-0.15, -0.1) is 0 Å². The van der Waals surface area contributed by atoms with E-state index in [2.05, 4.69) is 78.0 Å². The monoisotopic (exact) mass is 518 g/mol. The first kappa shape index (κ1) is 26.0. The summed E-state index contributed by atoms with van der Waals surface area (Å²) in [6, 6.07) is 20.0. The maximum absolute atomic E-state index is 11.4. The highest BCUT2D eigenvalue weighted by molar-refractivity contribution is 5.86. The molecule has 0 aliphatic carbocycles. The number of aliphatic hydroxyl groups is 2. The average molecular weight is 519 g/mol. The smallest absolute Gasteiger partial charge is 0.162 e. The van der Waals surface area contributed by atoms with E-state index in [1.54, 1.807) is 0 Å². The molecule has 3 aromatic rings. The molecule has 2 bridgehead atoms. The number of benzene rings is 2. The molecule has 7 atom stereocenters. The molecular weight excluding hydrogens is 476 g/mol. The van der Waals surface area contributed by atoms with E-state index in [4.69, 9.17) is 9.47 Å². The van der Waals surface area contributed by atoms with Crippen molar-refractivity contribution >= 4 is 10.9 Å². The molecule has 0 spiro atoms. The molecule has 38 heavy (non-hydrogen) atoms. The topological polar surface area (TPSA) is 67.1 Å². The molecular formula is C32H42N2O4. The molecule has 3 aliphatic rings. The largest absolute Gasteiger partial charge is 0.390 e. The highest BCUT2D eigenvalue weighted by atomic mass is 16.7. The highest BCUT2D eigenvalue weighted by Gasteiger charge is 2.54. The first-order chi connectivity index (χ1) is 18.5. The van der Waals surface area contributed by atoms with E-state index in [1.165, 1.54) is 27.7 Å². The summed E-state index contributed by atoms with van der Waals surface area (Å²) in [6.45, 7) is 6.18. The summed E-state index contributed by atoms with van der Waals surface area (Å²) in [7, 11) is 2.21. The maximum Gasteiger partial charge on any atom is 0.162 e. The van der Waals surface area contributed by atoms with Gasteiger partial charge in [0.05, 0.1) is 31.5 Å². The third kappa shape index (κ3) is 4.31. The summed E-state index contributed by atoms with van der Waals surface area (Å²) in [5, 5.41) is 23.4. The summed E-state index contributed by atoms with van der Waals surface area (Å²) in [6.07, 6.45) is 1.42. The molecule has 4 heterocycles. The number of ether oxygens (including phenoxy) is 2. The standard InChI is InChI=1S/C32H42N2O4/c1-4-21(31(36)28(35)5-2)23-17-27-30-24(22-13-9-10-14-25(22)33(30)3)18-26(29(23)32-37-15-16-38-32)34(27)19-20-11-7-6-8-12-20/h6-14,21,23,26-29,31-32,35-36H,4-5,15-19H2,1-3H3/t21-,23+,26+,27+,28?,29+,31?/m1/s1. The van der Waals surface area contributed by atoms with Crippen LogP contribution in [0.5, 0.6) is 0 Å². The van der Waals surface area contributed by atoms with Crippen molar-refractivity contribution in [3.63, 3.8) is 0 Å². The van der Waals surface area contributed by atoms with Crippen LogP contribution in [0.1, 0.15) is 56.0 Å². The van der Waals surface area contributed by atoms with Crippen molar-refractivity contribution in [3.05, 3.63) is 71.4 Å². The van der Waals surface area contributed by atoms with Gasteiger partial charge in [-0.25, -0.2) is 0 Å². The van der Waals surface area contributed by atoms with Crippen LogP contribution in [0, 0.1) is 17.8 Å². The third-order valence-electron chi connectivity index (χ3n) is 9.69. The van der Waals surface area contributed by atoms with Gasteiger partial charge in [0.1, 0.15) is 0 Å². The molecule has 0 radical (unpaired) electrons. The lowest BCUT2D eigenvalue weighted by molar-refractivity contribution is -0.176. The molecule has 6 heteroatoms. The number of rotatable bonds is 8. The normalized spacial score (nSPS) is 28.3. The number of hydrogen-bond acceptors (Lipinski definition) is 5. The van der Waals surface area contributed by atoms with Crippen LogP contribution < -0.4 is 0 Å². The van der Waals surface area contributed by atoms with Crippen molar-refractivity contribution in [1.82, 2.24) is 9.47 Å². The van der Waals surface area contributed by atoms with Gasteiger partial charge in [-0.1, -0.05) is 68.8 Å². The highest BCUT2D eigenvalue weighted by Crippen LogP contribution is 2.54. The van der Waals surface area contributed by atoms with Crippen LogP contribution in [0.15, 0.2) is 54.6 Å². The van der Waals surface area contributed by atoms with E-state index in [-0.39, 0.29) is 36.1 Å². The third-order valence-corrected chi connectivity index (χ3v) is 9.69. The summed E-state index contributed by atoms with van der Waals surface area (Å²) in [5.74, 6) is 0.253. The Morgan fingerprint density at radius 1 is 0.947 bits per heavy atom. The van der Waals surface area contributed by atoms with E-state index in [9.17, 15) is 10.2 Å². The van der Waals surface area contributed by atoms with Crippen LogP contribution in [0.25, 0.3) is 10.9 Å². The van der Waals surface area contributed by atoms with Gasteiger partial charge in [0.2, 0.25) is 0 Å². The molecule has 2 N–H and O–H groups in total. The van der Waals surface area contributed by atoms with E-state index >= 15 is 0 Å². The summed E-state index contributed by atoms with van der Waals surface area (Å²) in [4.78, 5) is 2.69. The van der Waals surface area contributed by atoms with Gasteiger partial charge < -0.3 is 24.3 Å². The van der Waals surface area contributed by atoms with Gasteiger partial charge in [-0.3, -0.25) is 4.90 Å². The fourth-order valence-electron chi connectivity index (χ4n) is 7.94. The quantitative estimate of drug-likeness (QED) is 0.448. The number of aromatic nitrogens is 1. The van der Waals surface area contributed by atoms with Gasteiger partial charge in [0.25, 0.3) is 0 Å². The van der Waals surface area contributed by atoms with E-state index < -0.39 is 12.2 Å². The average Bonchev–Trinajstić information content (AvgIpc) is 3.57. The SMILES string of the molecule is CCC(O)C(O)[C@H](CC)[C@@H]1C[C@H]2c3c(c4ccccc4n3C)C[C@@H]([C@H]1C1OCCO1)N2Cc1ccccc1. The first-order valence-corrected chi connectivity index (χ1v) is 14.5. The maximum atomic E-state index is 11.4. The molecule has 2 fully saturated rings. The minimum absolute atomic E-state index is 0.0251. The van der Waals surface area contributed by atoms with Crippen molar-refractivity contribution in [2.75, 3.05) is 13.2 Å².